The van der Waals surface area contributed by atoms with Crippen LogP contribution in [0.2, 0.25) is 0 Å². The smallest absolute Gasteiger partial charge is 0.232 e. The van der Waals surface area contributed by atoms with E-state index in [1.807, 2.05) is 30.3 Å². The van der Waals surface area contributed by atoms with Gasteiger partial charge in [0.15, 0.2) is 11.6 Å². The molecular formula is C25H25N7O2. The lowest BCUT2D eigenvalue weighted by atomic mass is 9.38. The number of aromatic amines is 1. The maximum atomic E-state index is 13.2. The summed E-state index contributed by atoms with van der Waals surface area (Å²) in [6.07, 6.45) is 5.85. The van der Waals surface area contributed by atoms with Crippen molar-refractivity contribution in [1.29, 1.82) is 0 Å². The highest BCUT2D eigenvalue weighted by Gasteiger charge is 2.72. The highest BCUT2D eigenvalue weighted by molar-refractivity contribution is 6.01. The second-order valence-electron chi connectivity index (χ2n) is 9.54. The maximum absolute atomic E-state index is 13.2. The molecule has 4 aromatic rings. The topological polar surface area (TPSA) is 109 Å². The van der Waals surface area contributed by atoms with Gasteiger partial charge < -0.3 is 15.0 Å². The molecule has 0 atom stereocenters. The number of hydrogen-bond donors (Lipinski definition) is 2. The molecule has 3 saturated carbocycles. The van der Waals surface area contributed by atoms with E-state index in [0.717, 1.165) is 36.1 Å². The monoisotopic (exact) mass is 455 g/mol. The Morgan fingerprint density at radius 3 is 2.62 bits per heavy atom. The standard InChI is InChI=1S/C25H25N7O2/c1-32(2)25-11-24(12-25,13-25)23(33)30-22-18(34-3)9-17-21(29-22)20(27-14-26-17)16-10-28-31-19(16)15-7-5-4-6-8-15/h4-10,14H,11-13H2,1-3H3,(H,28,31)(H,29,30,33). The van der Waals surface area contributed by atoms with E-state index in [1.54, 1.807) is 19.4 Å². The first-order chi connectivity index (χ1) is 16.4. The van der Waals surface area contributed by atoms with Crippen molar-refractivity contribution >= 4 is 22.8 Å². The zero-order chi connectivity index (χ0) is 23.5. The summed E-state index contributed by atoms with van der Waals surface area (Å²) in [6.45, 7) is 0. The number of H-pyrrole nitrogens is 1. The van der Waals surface area contributed by atoms with Crippen LogP contribution in [0.15, 0.2) is 48.9 Å². The van der Waals surface area contributed by atoms with Crippen molar-refractivity contribution < 1.29 is 9.53 Å². The van der Waals surface area contributed by atoms with Gasteiger partial charge in [0.2, 0.25) is 5.91 Å². The molecule has 1 amide bonds. The summed E-state index contributed by atoms with van der Waals surface area (Å²) in [4.78, 5) is 29.1. The van der Waals surface area contributed by atoms with E-state index in [9.17, 15) is 4.79 Å². The van der Waals surface area contributed by atoms with Gasteiger partial charge in [-0.15, -0.1) is 0 Å². The van der Waals surface area contributed by atoms with Crippen LogP contribution in [0.5, 0.6) is 5.75 Å². The van der Waals surface area contributed by atoms with E-state index in [2.05, 4.69) is 44.5 Å². The molecule has 1 aromatic carbocycles. The van der Waals surface area contributed by atoms with E-state index in [4.69, 9.17) is 9.72 Å². The van der Waals surface area contributed by atoms with Crippen LogP contribution < -0.4 is 10.1 Å². The van der Waals surface area contributed by atoms with E-state index in [0.29, 0.717) is 28.3 Å². The summed E-state index contributed by atoms with van der Waals surface area (Å²) in [6, 6.07) is 11.7. The minimum atomic E-state index is -0.313. The van der Waals surface area contributed by atoms with E-state index in [-0.39, 0.29) is 16.9 Å². The van der Waals surface area contributed by atoms with E-state index in [1.165, 1.54) is 6.33 Å². The minimum Gasteiger partial charge on any atom is -0.493 e. The third-order valence-electron chi connectivity index (χ3n) is 7.42. The molecule has 2 N–H and O–H groups in total. The molecular weight excluding hydrogens is 430 g/mol. The second-order valence-corrected chi connectivity index (χ2v) is 9.54. The van der Waals surface area contributed by atoms with Crippen LogP contribution in [0.25, 0.3) is 33.5 Å². The second kappa shape index (κ2) is 7.33. The van der Waals surface area contributed by atoms with Crippen LogP contribution in [-0.2, 0) is 4.79 Å². The van der Waals surface area contributed by atoms with Crippen LogP contribution in [0.3, 0.4) is 0 Å². The number of rotatable bonds is 6. The lowest BCUT2D eigenvalue weighted by Crippen LogP contribution is -2.76. The number of nitrogens with zero attached hydrogens (tertiary/aromatic N) is 5. The number of nitrogens with one attached hydrogen (secondary N) is 2. The first kappa shape index (κ1) is 20.7. The van der Waals surface area contributed by atoms with Gasteiger partial charge in [-0.2, -0.15) is 5.10 Å². The predicted molar refractivity (Wildman–Crippen MR) is 128 cm³/mol. The van der Waals surface area contributed by atoms with Crippen LogP contribution >= 0.6 is 0 Å². The van der Waals surface area contributed by atoms with E-state index >= 15 is 0 Å². The van der Waals surface area contributed by atoms with Gasteiger partial charge in [0.05, 0.1) is 29.9 Å². The van der Waals surface area contributed by atoms with Gasteiger partial charge in [0.1, 0.15) is 17.5 Å². The van der Waals surface area contributed by atoms with Gasteiger partial charge in [0, 0.05) is 22.7 Å². The van der Waals surface area contributed by atoms with Crippen LogP contribution in [0.1, 0.15) is 19.3 Å². The number of ether oxygens (including phenoxy) is 1. The molecule has 3 heterocycles. The fourth-order valence-corrected chi connectivity index (χ4v) is 5.39. The summed E-state index contributed by atoms with van der Waals surface area (Å²) in [5.41, 5.74) is 4.32. The molecule has 3 fully saturated rings. The minimum absolute atomic E-state index is 0.00643. The molecule has 34 heavy (non-hydrogen) atoms. The maximum Gasteiger partial charge on any atom is 0.232 e. The molecule has 7 rings (SSSR count). The zero-order valence-corrected chi connectivity index (χ0v) is 19.3. The number of aromatic nitrogens is 5. The number of amides is 1. The summed E-state index contributed by atoms with van der Waals surface area (Å²) in [5.74, 6) is 0.840. The first-order valence-electron chi connectivity index (χ1n) is 11.2. The molecule has 0 aliphatic heterocycles. The molecule has 9 heteroatoms. The number of carbonyl (C=O) groups is 1. The third-order valence-corrected chi connectivity index (χ3v) is 7.42. The number of fused-ring (bicyclic) bond motifs is 1. The number of methoxy groups -OCH3 is 1. The molecule has 0 unspecified atom stereocenters. The Hall–Kier alpha value is -3.85. The van der Waals surface area contributed by atoms with Crippen molar-refractivity contribution in [3.8, 4) is 28.3 Å². The molecule has 0 radical (unpaired) electrons. The first-order valence-corrected chi connectivity index (χ1v) is 11.2. The number of hydrogen-bond acceptors (Lipinski definition) is 7. The zero-order valence-electron chi connectivity index (χ0n) is 19.3. The van der Waals surface area contributed by atoms with Crippen molar-refractivity contribution in [1.82, 2.24) is 30.0 Å². The van der Waals surface area contributed by atoms with Crippen molar-refractivity contribution in [2.75, 3.05) is 26.5 Å². The van der Waals surface area contributed by atoms with Gasteiger partial charge in [-0.1, -0.05) is 30.3 Å². The highest BCUT2D eigenvalue weighted by Crippen LogP contribution is 2.69. The largest absolute Gasteiger partial charge is 0.493 e. The number of benzene rings is 1. The Balaban J connectivity index is 1.39. The molecule has 0 spiro atoms. The predicted octanol–water partition coefficient (Wildman–Crippen LogP) is 3.51. The normalized spacial score (nSPS) is 22.8. The number of anilines is 1. The van der Waals surface area contributed by atoms with Gasteiger partial charge in [0.25, 0.3) is 0 Å². The lowest BCUT2D eigenvalue weighted by molar-refractivity contribution is -0.204. The quantitative estimate of drug-likeness (QED) is 0.458. The van der Waals surface area contributed by atoms with Crippen molar-refractivity contribution in [3.05, 3.63) is 48.9 Å². The average molecular weight is 456 g/mol. The summed E-state index contributed by atoms with van der Waals surface area (Å²) in [5, 5.41) is 10.4. The third kappa shape index (κ3) is 2.93. The summed E-state index contributed by atoms with van der Waals surface area (Å²) >= 11 is 0. The molecule has 3 aliphatic carbocycles. The Labute approximate surface area is 196 Å². The van der Waals surface area contributed by atoms with Gasteiger partial charge in [-0.3, -0.25) is 9.89 Å². The van der Waals surface area contributed by atoms with Crippen LogP contribution in [-0.4, -0.2) is 62.7 Å². The molecule has 3 aliphatic rings. The summed E-state index contributed by atoms with van der Waals surface area (Å²) < 4.78 is 5.55. The van der Waals surface area contributed by atoms with E-state index < -0.39 is 0 Å². The Morgan fingerprint density at radius 2 is 1.91 bits per heavy atom. The van der Waals surface area contributed by atoms with Crippen LogP contribution in [0, 0.1) is 5.41 Å². The highest BCUT2D eigenvalue weighted by atomic mass is 16.5. The van der Waals surface area contributed by atoms with Gasteiger partial charge >= 0.3 is 0 Å². The Kier molecular flexibility index (Phi) is 4.47. The number of pyridine rings is 1. The lowest BCUT2D eigenvalue weighted by Gasteiger charge is -2.71. The fraction of sp³-hybridized carbons (Fsp3) is 0.320. The van der Waals surface area contributed by atoms with Gasteiger partial charge in [-0.25, -0.2) is 15.0 Å². The van der Waals surface area contributed by atoms with Crippen LogP contribution in [0.4, 0.5) is 5.82 Å². The molecule has 0 saturated heterocycles. The van der Waals surface area contributed by atoms with Crippen molar-refractivity contribution in [2.45, 2.75) is 24.8 Å². The Morgan fingerprint density at radius 1 is 1.15 bits per heavy atom. The fourth-order valence-electron chi connectivity index (χ4n) is 5.39. The number of carbonyl (C=O) groups excluding carboxylic acids is 1. The molecule has 2 bridgehead atoms. The van der Waals surface area contributed by atoms with Gasteiger partial charge in [-0.05, 0) is 33.4 Å². The average Bonchev–Trinajstić information content (AvgIpc) is 3.26. The molecule has 3 aromatic heterocycles. The van der Waals surface area contributed by atoms with Crippen molar-refractivity contribution in [3.63, 3.8) is 0 Å². The van der Waals surface area contributed by atoms with Crippen molar-refractivity contribution in [2.24, 2.45) is 5.41 Å². The summed E-state index contributed by atoms with van der Waals surface area (Å²) in [7, 11) is 5.72. The molecule has 9 nitrogen and oxygen atoms in total. The SMILES string of the molecule is COc1cc2ncnc(-c3cn[nH]c3-c3ccccc3)c2nc1NC(=O)C12CC(N(C)C)(C1)C2. The Bertz CT molecular complexity index is 1390. The molecule has 172 valence electrons.